The molecule has 6 nitrogen and oxygen atoms in total. The number of carbonyl (C=O) groups is 1. The Morgan fingerprint density at radius 3 is 2.92 bits per heavy atom. The number of carbonyl (C=O) groups excluding carboxylic acids is 1. The largest absolute Gasteiger partial charge is 0.495 e. The molecule has 1 atom stereocenters. The molecule has 1 aliphatic carbocycles. The van der Waals surface area contributed by atoms with Gasteiger partial charge in [-0.2, -0.15) is 0 Å². The average Bonchev–Trinajstić information content (AvgIpc) is 3.11. The van der Waals surface area contributed by atoms with E-state index in [2.05, 4.69) is 15.3 Å². The van der Waals surface area contributed by atoms with Crippen molar-refractivity contribution in [3.05, 3.63) is 60.0 Å². The number of ether oxygens (including phenoxy) is 1. The van der Waals surface area contributed by atoms with Gasteiger partial charge in [0.15, 0.2) is 0 Å². The molecule has 0 aliphatic heterocycles. The Balaban J connectivity index is 1.60. The minimum atomic E-state index is -0.297. The van der Waals surface area contributed by atoms with Crippen LogP contribution in [-0.2, 0) is 0 Å². The number of nitrogens with zero attached hydrogens (tertiary/aromatic N) is 1. The summed E-state index contributed by atoms with van der Waals surface area (Å²) >= 11 is 0. The van der Waals surface area contributed by atoms with Gasteiger partial charge in [0.2, 0.25) is 0 Å². The van der Waals surface area contributed by atoms with Crippen LogP contribution in [0, 0.1) is 5.92 Å². The highest BCUT2D eigenvalue weighted by molar-refractivity contribution is 5.98. The summed E-state index contributed by atoms with van der Waals surface area (Å²) in [5.41, 5.74) is 2.49. The standard InChI is InChI=1S/C20H21N3O3/c1-26-17-9-15(10-21-11-17)19(14-7-16(24)8-14)23-20(25)13-2-3-18-12(6-13)4-5-22-18/h2-6,9-11,14,16,19,22,24H,7-8H2,1H3,(H,23,25). The van der Waals surface area contributed by atoms with Crippen LogP contribution in [0.3, 0.4) is 0 Å². The maximum Gasteiger partial charge on any atom is 0.251 e. The Bertz CT molecular complexity index is 931. The summed E-state index contributed by atoms with van der Waals surface area (Å²) in [6, 6.07) is 9.20. The molecule has 1 aliphatic rings. The predicted octanol–water partition coefficient (Wildman–Crippen LogP) is 2.81. The lowest BCUT2D eigenvalue weighted by Gasteiger charge is -2.38. The predicted molar refractivity (Wildman–Crippen MR) is 98.0 cm³/mol. The zero-order valence-corrected chi connectivity index (χ0v) is 14.5. The quantitative estimate of drug-likeness (QED) is 0.660. The van der Waals surface area contributed by atoms with E-state index in [1.165, 1.54) is 0 Å². The van der Waals surface area contributed by atoms with Gasteiger partial charge in [0.1, 0.15) is 5.75 Å². The fourth-order valence-corrected chi connectivity index (χ4v) is 3.51. The SMILES string of the molecule is COc1cncc(C(NC(=O)c2ccc3[nH]ccc3c2)C2CC(O)C2)c1. The van der Waals surface area contributed by atoms with Crippen LogP contribution in [0.4, 0.5) is 0 Å². The van der Waals surface area contributed by atoms with Crippen LogP contribution in [0.2, 0.25) is 0 Å². The number of nitrogens with one attached hydrogen (secondary N) is 2. The molecule has 2 aromatic heterocycles. The number of H-pyrrole nitrogens is 1. The molecule has 1 aromatic carbocycles. The number of aromatic nitrogens is 2. The number of amides is 1. The van der Waals surface area contributed by atoms with Crippen molar-refractivity contribution in [2.24, 2.45) is 5.92 Å². The highest BCUT2D eigenvalue weighted by Crippen LogP contribution is 2.38. The zero-order chi connectivity index (χ0) is 18.1. The molecule has 134 valence electrons. The van der Waals surface area contributed by atoms with E-state index in [0.717, 1.165) is 16.5 Å². The van der Waals surface area contributed by atoms with Crippen LogP contribution in [0.25, 0.3) is 10.9 Å². The van der Waals surface area contributed by atoms with Crippen LogP contribution >= 0.6 is 0 Å². The number of aliphatic hydroxyl groups is 1. The third kappa shape index (κ3) is 3.15. The summed E-state index contributed by atoms with van der Waals surface area (Å²) in [6.07, 6.45) is 6.27. The van der Waals surface area contributed by atoms with Gasteiger partial charge in [0.05, 0.1) is 25.5 Å². The summed E-state index contributed by atoms with van der Waals surface area (Å²) in [4.78, 5) is 20.2. The summed E-state index contributed by atoms with van der Waals surface area (Å²) < 4.78 is 5.26. The summed E-state index contributed by atoms with van der Waals surface area (Å²) in [6.45, 7) is 0. The second-order valence-electron chi connectivity index (χ2n) is 6.77. The van der Waals surface area contributed by atoms with E-state index in [0.29, 0.717) is 24.2 Å². The van der Waals surface area contributed by atoms with Gasteiger partial charge in [0.25, 0.3) is 5.91 Å². The minimum absolute atomic E-state index is 0.137. The third-order valence-corrected chi connectivity index (χ3v) is 5.05. The first-order chi connectivity index (χ1) is 12.6. The smallest absolute Gasteiger partial charge is 0.251 e. The van der Waals surface area contributed by atoms with Gasteiger partial charge in [-0.05, 0) is 54.7 Å². The van der Waals surface area contributed by atoms with Gasteiger partial charge in [-0.25, -0.2) is 0 Å². The first kappa shape index (κ1) is 16.6. The molecule has 0 spiro atoms. The second-order valence-corrected chi connectivity index (χ2v) is 6.77. The van der Waals surface area contributed by atoms with Crippen molar-refractivity contribution in [2.75, 3.05) is 7.11 Å². The molecule has 2 heterocycles. The summed E-state index contributed by atoms with van der Waals surface area (Å²) in [5.74, 6) is 0.691. The average molecular weight is 351 g/mol. The third-order valence-electron chi connectivity index (χ3n) is 5.05. The Hall–Kier alpha value is -2.86. The molecule has 6 heteroatoms. The number of rotatable bonds is 5. The fourth-order valence-electron chi connectivity index (χ4n) is 3.51. The topological polar surface area (TPSA) is 87.2 Å². The van der Waals surface area contributed by atoms with Crippen LogP contribution < -0.4 is 10.1 Å². The summed E-state index contributed by atoms with van der Waals surface area (Å²) in [5, 5.41) is 13.8. The van der Waals surface area contributed by atoms with Crippen molar-refractivity contribution in [3.8, 4) is 5.75 Å². The fraction of sp³-hybridized carbons (Fsp3) is 0.300. The van der Waals surface area contributed by atoms with Crippen LogP contribution in [0.1, 0.15) is 34.8 Å². The molecule has 26 heavy (non-hydrogen) atoms. The number of aliphatic hydroxyl groups excluding tert-OH is 1. The lowest BCUT2D eigenvalue weighted by atomic mass is 9.75. The van der Waals surface area contributed by atoms with Crippen molar-refractivity contribution in [1.82, 2.24) is 15.3 Å². The van der Waals surface area contributed by atoms with E-state index in [1.54, 1.807) is 19.5 Å². The summed E-state index contributed by atoms with van der Waals surface area (Å²) in [7, 11) is 1.59. The molecule has 0 bridgehead atoms. The molecule has 1 amide bonds. The number of aromatic amines is 1. The molecule has 1 fully saturated rings. The first-order valence-electron chi connectivity index (χ1n) is 8.69. The number of pyridine rings is 1. The number of fused-ring (bicyclic) bond motifs is 1. The molecule has 1 unspecified atom stereocenters. The van der Waals surface area contributed by atoms with Gasteiger partial charge in [-0.1, -0.05) is 0 Å². The monoisotopic (exact) mass is 351 g/mol. The molecule has 3 N–H and O–H groups in total. The lowest BCUT2D eigenvalue weighted by molar-refractivity contribution is 0.0234. The normalized spacial score (nSPS) is 20.4. The highest BCUT2D eigenvalue weighted by atomic mass is 16.5. The van der Waals surface area contributed by atoms with Crippen molar-refractivity contribution in [2.45, 2.75) is 25.0 Å². The minimum Gasteiger partial charge on any atom is -0.495 e. The Morgan fingerprint density at radius 2 is 2.15 bits per heavy atom. The molecule has 0 radical (unpaired) electrons. The van der Waals surface area contributed by atoms with Crippen LogP contribution in [0.5, 0.6) is 5.75 Å². The Labute approximate surface area is 151 Å². The molecular weight excluding hydrogens is 330 g/mol. The second kappa shape index (κ2) is 6.80. The highest BCUT2D eigenvalue weighted by Gasteiger charge is 2.36. The van der Waals surface area contributed by atoms with Gasteiger partial charge in [-0.15, -0.1) is 0 Å². The van der Waals surface area contributed by atoms with Gasteiger partial charge in [0, 0.05) is 28.9 Å². The first-order valence-corrected chi connectivity index (χ1v) is 8.69. The van der Waals surface area contributed by atoms with E-state index in [-0.39, 0.29) is 24.0 Å². The molecular formula is C20H21N3O3. The van der Waals surface area contributed by atoms with Crippen molar-refractivity contribution >= 4 is 16.8 Å². The van der Waals surface area contributed by atoms with E-state index in [9.17, 15) is 9.90 Å². The van der Waals surface area contributed by atoms with E-state index >= 15 is 0 Å². The van der Waals surface area contributed by atoms with Gasteiger partial charge >= 0.3 is 0 Å². The van der Waals surface area contributed by atoms with Crippen molar-refractivity contribution in [3.63, 3.8) is 0 Å². The van der Waals surface area contributed by atoms with Crippen molar-refractivity contribution in [1.29, 1.82) is 0 Å². The van der Waals surface area contributed by atoms with Gasteiger partial charge in [-0.3, -0.25) is 9.78 Å². The van der Waals surface area contributed by atoms with Crippen LogP contribution in [0.15, 0.2) is 48.9 Å². The number of methoxy groups -OCH3 is 1. The Kier molecular flexibility index (Phi) is 4.34. The Morgan fingerprint density at radius 1 is 1.31 bits per heavy atom. The molecule has 3 aromatic rings. The van der Waals surface area contributed by atoms with E-state index in [4.69, 9.17) is 4.74 Å². The molecule has 0 saturated heterocycles. The lowest BCUT2D eigenvalue weighted by Crippen LogP contribution is -2.41. The number of hydrogen-bond donors (Lipinski definition) is 3. The van der Waals surface area contributed by atoms with E-state index < -0.39 is 0 Å². The maximum atomic E-state index is 12.8. The van der Waals surface area contributed by atoms with Crippen molar-refractivity contribution < 1.29 is 14.6 Å². The number of benzene rings is 1. The zero-order valence-electron chi connectivity index (χ0n) is 14.5. The molecule has 1 saturated carbocycles. The van der Waals surface area contributed by atoms with Gasteiger partial charge < -0.3 is 20.1 Å². The van der Waals surface area contributed by atoms with E-state index in [1.807, 2.05) is 36.5 Å². The van der Waals surface area contributed by atoms with Crippen LogP contribution in [-0.4, -0.2) is 34.2 Å². The molecule has 4 rings (SSSR count). The maximum absolute atomic E-state index is 12.8. The number of hydrogen-bond acceptors (Lipinski definition) is 4.